The van der Waals surface area contributed by atoms with E-state index in [1.165, 1.54) is 16.7 Å². The van der Waals surface area contributed by atoms with Crippen molar-refractivity contribution in [2.75, 3.05) is 32.7 Å². The molecule has 244 valence electrons. The summed E-state index contributed by atoms with van der Waals surface area (Å²) >= 11 is 13.9. The first-order valence-electron chi connectivity index (χ1n) is 16.0. The lowest BCUT2D eigenvalue weighted by atomic mass is 9.76. The number of hydrogen-bond acceptors (Lipinski definition) is 5. The molecule has 1 aromatic heterocycles. The lowest BCUT2D eigenvalue weighted by Crippen LogP contribution is -2.43. The number of amides is 3. The fourth-order valence-corrected chi connectivity index (χ4v) is 8.52. The molecule has 2 saturated heterocycles. The van der Waals surface area contributed by atoms with E-state index in [0.29, 0.717) is 25.4 Å². The zero-order valence-electron chi connectivity index (χ0n) is 26.3. The van der Waals surface area contributed by atoms with Gasteiger partial charge < -0.3 is 19.9 Å². The minimum atomic E-state index is -0.571. The molecule has 0 spiro atoms. The van der Waals surface area contributed by atoms with Crippen molar-refractivity contribution < 1.29 is 19.1 Å². The van der Waals surface area contributed by atoms with Crippen LogP contribution in [0.2, 0.25) is 5.02 Å². The molecule has 45 heavy (non-hydrogen) atoms. The number of nitrogens with zero attached hydrogens (tertiary/aromatic N) is 3. The van der Waals surface area contributed by atoms with Crippen molar-refractivity contribution in [2.24, 2.45) is 11.8 Å². The highest BCUT2D eigenvalue weighted by molar-refractivity contribution is 9.10. The zero-order valence-corrected chi connectivity index (χ0v) is 30.3. The van der Waals surface area contributed by atoms with Gasteiger partial charge in [0, 0.05) is 71.6 Å². The van der Waals surface area contributed by atoms with Crippen LogP contribution in [0.4, 0.5) is 4.79 Å². The van der Waals surface area contributed by atoms with E-state index >= 15 is 0 Å². The molecule has 1 aromatic carbocycles. The minimum Gasteiger partial charge on any atom is -0.444 e. The first-order valence-corrected chi connectivity index (χ1v) is 18.0. The van der Waals surface area contributed by atoms with Gasteiger partial charge in [-0.25, -0.2) is 4.79 Å². The van der Waals surface area contributed by atoms with E-state index in [4.69, 9.17) is 21.3 Å². The van der Waals surface area contributed by atoms with Crippen LogP contribution in [0.1, 0.15) is 87.6 Å². The smallest absolute Gasteiger partial charge is 0.407 e. The van der Waals surface area contributed by atoms with Crippen LogP contribution >= 0.6 is 43.5 Å². The molecule has 1 N–H and O–H groups in total. The summed E-state index contributed by atoms with van der Waals surface area (Å²) in [6, 6.07) is 6.30. The van der Waals surface area contributed by atoms with Crippen LogP contribution < -0.4 is 5.32 Å². The van der Waals surface area contributed by atoms with Gasteiger partial charge in [-0.05, 0) is 122 Å². The highest BCUT2D eigenvalue weighted by Gasteiger charge is 2.37. The molecule has 1 aliphatic carbocycles. The molecule has 5 rings (SSSR count). The predicted molar refractivity (Wildman–Crippen MR) is 182 cm³/mol. The van der Waals surface area contributed by atoms with E-state index in [2.05, 4.69) is 49.3 Å². The molecule has 2 aliphatic heterocycles. The Hall–Kier alpha value is -2.17. The standard InChI is InChI=1S/C34H43Br2ClN4O4/c1-34(2,3)45-33(44)38-11-6-28(42)40-12-7-21(8-13-40)16-29(43)41-14-9-22(10-15-41)31-30-23(18-26(37)19-27(30)36)4-5-24-17-25(35)20-39-32(24)31/h17-22,31H,4-16H2,1-3H3,(H,38,44)/t31-/m1/s1. The zero-order chi connectivity index (χ0) is 32.3. The summed E-state index contributed by atoms with van der Waals surface area (Å²) in [7, 11) is 0. The number of alkyl carbamates (subject to hydrolysis) is 1. The topological polar surface area (TPSA) is 91.8 Å². The Labute approximate surface area is 288 Å². The third-order valence-electron chi connectivity index (χ3n) is 9.22. The SMILES string of the molecule is CC(C)(C)OC(=O)NCCC(=O)N1CCC(CC(=O)N2CCC([C@H]3c4ncc(Br)cc4CCc4cc(Cl)cc(Br)c43)CC2)CC1. The number of likely N-dealkylation sites (tertiary alicyclic amines) is 2. The normalized spacial score (nSPS) is 19.4. The number of benzene rings is 1. The number of fused-ring (bicyclic) bond motifs is 2. The van der Waals surface area contributed by atoms with Gasteiger partial charge in [0.25, 0.3) is 0 Å². The van der Waals surface area contributed by atoms with E-state index in [0.717, 1.165) is 71.3 Å². The molecule has 11 heteroatoms. The third kappa shape index (κ3) is 8.80. The van der Waals surface area contributed by atoms with Crippen molar-refractivity contribution in [1.82, 2.24) is 20.1 Å². The van der Waals surface area contributed by atoms with E-state index in [-0.39, 0.29) is 36.6 Å². The Morgan fingerprint density at radius 2 is 1.60 bits per heavy atom. The second kappa shape index (κ2) is 14.7. The Bertz CT molecular complexity index is 1420. The van der Waals surface area contributed by atoms with Gasteiger partial charge in [0.05, 0.1) is 5.69 Å². The lowest BCUT2D eigenvalue weighted by Gasteiger charge is -2.38. The molecule has 0 bridgehead atoms. The number of halogens is 3. The molecule has 2 fully saturated rings. The summed E-state index contributed by atoms with van der Waals surface area (Å²) < 4.78 is 7.26. The minimum absolute atomic E-state index is 0.0234. The van der Waals surface area contributed by atoms with Crippen LogP contribution in [0.5, 0.6) is 0 Å². The van der Waals surface area contributed by atoms with Crippen LogP contribution in [0.15, 0.2) is 33.3 Å². The largest absolute Gasteiger partial charge is 0.444 e. The molecule has 0 saturated carbocycles. The summed E-state index contributed by atoms with van der Waals surface area (Å²) in [4.78, 5) is 46.8. The highest BCUT2D eigenvalue weighted by Crippen LogP contribution is 2.46. The number of rotatable bonds is 6. The van der Waals surface area contributed by atoms with Crippen molar-refractivity contribution in [3.63, 3.8) is 0 Å². The van der Waals surface area contributed by atoms with Gasteiger partial charge in [-0.3, -0.25) is 14.6 Å². The van der Waals surface area contributed by atoms with Gasteiger partial charge in [-0.2, -0.15) is 0 Å². The number of ether oxygens (including phenoxy) is 1. The van der Waals surface area contributed by atoms with Crippen molar-refractivity contribution in [3.8, 4) is 0 Å². The Morgan fingerprint density at radius 1 is 0.956 bits per heavy atom. The van der Waals surface area contributed by atoms with Gasteiger partial charge in [-0.15, -0.1) is 0 Å². The van der Waals surface area contributed by atoms with Crippen molar-refractivity contribution in [1.29, 1.82) is 0 Å². The number of hydrogen-bond donors (Lipinski definition) is 1. The average molecular weight is 767 g/mol. The van der Waals surface area contributed by atoms with Gasteiger partial charge in [0.1, 0.15) is 5.60 Å². The first kappa shape index (κ1) is 34.2. The second-order valence-electron chi connectivity index (χ2n) is 13.6. The number of carbonyl (C=O) groups is 3. The van der Waals surface area contributed by atoms with Gasteiger partial charge in [0.15, 0.2) is 0 Å². The van der Waals surface area contributed by atoms with E-state index < -0.39 is 11.7 Å². The molecule has 8 nitrogen and oxygen atoms in total. The molecule has 3 amide bonds. The fraction of sp³-hybridized carbons (Fsp3) is 0.588. The first-order chi connectivity index (χ1) is 21.4. The maximum absolute atomic E-state index is 13.4. The molecular formula is C34H43Br2ClN4O4. The maximum atomic E-state index is 13.4. The summed E-state index contributed by atoms with van der Waals surface area (Å²) in [5, 5.41) is 3.39. The average Bonchev–Trinajstić information content (AvgIpc) is 3.13. The molecule has 1 atom stereocenters. The van der Waals surface area contributed by atoms with Crippen LogP contribution in [0, 0.1) is 11.8 Å². The molecule has 0 radical (unpaired) electrons. The number of aromatic nitrogens is 1. The predicted octanol–water partition coefficient (Wildman–Crippen LogP) is 7.27. The number of piperidine rings is 2. The van der Waals surface area contributed by atoms with E-state index in [9.17, 15) is 14.4 Å². The summed E-state index contributed by atoms with van der Waals surface area (Å²) in [5.74, 6) is 1.04. The highest BCUT2D eigenvalue weighted by atomic mass is 79.9. The van der Waals surface area contributed by atoms with Crippen molar-refractivity contribution in [3.05, 3.63) is 60.7 Å². The summed E-state index contributed by atoms with van der Waals surface area (Å²) in [6.45, 7) is 8.44. The molecule has 2 aromatic rings. The Balaban J connectivity index is 1.12. The molecule has 3 aliphatic rings. The van der Waals surface area contributed by atoms with Crippen LogP contribution in [-0.4, -0.2) is 71.0 Å². The van der Waals surface area contributed by atoms with Gasteiger partial charge >= 0.3 is 6.09 Å². The van der Waals surface area contributed by atoms with Crippen molar-refractivity contribution in [2.45, 2.75) is 83.7 Å². The van der Waals surface area contributed by atoms with Crippen LogP contribution in [-0.2, 0) is 27.2 Å². The summed E-state index contributed by atoms with van der Waals surface area (Å²) in [6.07, 6.45) is 7.48. The van der Waals surface area contributed by atoms with Gasteiger partial charge in [0.2, 0.25) is 11.8 Å². The van der Waals surface area contributed by atoms with Gasteiger partial charge in [-0.1, -0.05) is 27.5 Å². The summed E-state index contributed by atoms with van der Waals surface area (Å²) in [5.41, 5.74) is 4.41. The quantitative estimate of drug-likeness (QED) is 0.334. The second-order valence-corrected chi connectivity index (χ2v) is 15.8. The van der Waals surface area contributed by atoms with E-state index in [1.54, 1.807) is 20.8 Å². The Kier molecular flexibility index (Phi) is 11.2. The monoisotopic (exact) mass is 764 g/mol. The molecular weight excluding hydrogens is 724 g/mol. The number of carbonyl (C=O) groups excluding carboxylic acids is 3. The lowest BCUT2D eigenvalue weighted by molar-refractivity contribution is -0.135. The van der Waals surface area contributed by atoms with E-state index in [1.807, 2.05) is 22.1 Å². The molecule has 0 unspecified atom stereocenters. The fourth-order valence-electron chi connectivity index (χ4n) is 7.02. The number of aryl methyl sites for hydroxylation is 2. The Morgan fingerprint density at radius 3 is 2.29 bits per heavy atom. The van der Waals surface area contributed by atoms with Crippen LogP contribution in [0.25, 0.3) is 0 Å². The number of pyridine rings is 1. The number of nitrogens with one attached hydrogen (secondary N) is 1. The van der Waals surface area contributed by atoms with Crippen LogP contribution in [0.3, 0.4) is 0 Å². The maximum Gasteiger partial charge on any atom is 0.407 e. The van der Waals surface area contributed by atoms with Crippen molar-refractivity contribution >= 4 is 61.4 Å². The third-order valence-corrected chi connectivity index (χ3v) is 10.5. The molecule has 3 heterocycles.